The highest BCUT2D eigenvalue weighted by Crippen LogP contribution is 2.50. The number of halogens is 6. The van der Waals surface area contributed by atoms with Gasteiger partial charge in [0.2, 0.25) is 5.60 Å². The molecule has 3 aromatic rings. The second-order valence-electron chi connectivity index (χ2n) is 15.0. The number of hydrogen-bond acceptors (Lipinski definition) is 8. The largest absolute Gasteiger partial charge is 0.493 e. The maximum absolute atomic E-state index is 15.0. The summed E-state index contributed by atoms with van der Waals surface area (Å²) in [5.41, 5.74) is -5.34. The third-order valence-electron chi connectivity index (χ3n) is 11.4. The summed E-state index contributed by atoms with van der Waals surface area (Å²) in [6, 6.07) is 10.8. The van der Waals surface area contributed by atoms with Gasteiger partial charge in [0.1, 0.15) is 22.1 Å². The van der Waals surface area contributed by atoms with Crippen molar-refractivity contribution in [3.05, 3.63) is 75.7 Å². The first kappa shape index (κ1) is 41.8. The van der Waals surface area contributed by atoms with Gasteiger partial charge in [-0.05, 0) is 69.6 Å². The van der Waals surface area contributed by atoms with Crippen molar-refractivity contribution in [2.24, 2.45) is 5.41 Å². The SMILES string of the molecule is CCCC1N(C(=O)c2ncccc2C(F)(F)F)CCCC1(Oc1csc(C(F)(F)F)c1)C(=O)N1CCC(C#N)(c2ccccc2OCCCC2(C(=O)O)CC2)CC1. The van der Waals surface area contributed by atoms with E-state index in [1.807, 2.05) is 0 Å². The molecule has 57 heavy (non-hydrogen) atoms. The zero-order valence-corrected chi connectivity index (χ0v) is 31.9. The number of carbonyl (C=O) groups is 3. The molecule has 3 aliphatic rings. The number of likely N-dealkylation sites (tertiary alicyclic amines) is 2. The molecule has 17 heteroatoms. The fraction of sp³-hybridized carbons (Fsp3) is 0.525. The zero-order valence-electron chi connectivity index (χ0n) is 31.1. The van der Waals surface area contributed by atoms with E-state index >= 15 is 4.79 Å². The molecule has 3 fully saturated rings. The number of carbonyl (C=O) groups excluding carboxylic acids is 2. The molecule has 1 N–H and O–H groups in total. The third kappa shape index (κ3) is 8.42. The maximum Gasteiger partial charge on any atom is 0.425 e. The molecule has 306 valence electrons. The molecule has 1 saturated carbocycles. The Balaban J connectivity index is 1.29. The summed E-state index contributed by atoms with van der Waals surface area (Å²) in [6.07, 6.45) is -5.67. The number of nitrogens with zero attached hydrogens (tertiary/aromatic N) is 4. The van der Waals surface area contributed by atoms with Crippen LogP contribution in [-0.2, 0) is 27.4 Å². The number of nitriles is 1. The second kappa shape index (κ2) is 16.2. The molecule has 2 aromatic heterocycles. The van der Waals surface area contributed by atoms with Gasteiger partial charge in [0.15, 0.2) is 0 Å². The van der Waals surface area contributed by atoms with Crippen LogP contribution in [0.2, 0.25) is 0 Å². The third-order valence-corrected chi connectivity index (χ3v) is 12.4. The van der Waals surface area contributed by atoms with Crippen molar-refractivity contribution >= 4 is 29.1 Å². The number of pyridine rings is 1. The summed E-state index contributed by atoms with van der Waals surface area (Å²) in [7, 11) is 0. The van der Waals surface area contributed by atoms with Crippen molar-refractivity contribution in [2.75, 3.05) is 26.2 Å². The lowest BCUT2D eigenvalue weighted by Crippen LogP contribution is -2.68. The summed E-state index contributed by atoms with van der Waals surface area (Å²) < 4.78 is 95.9. The molecule has 2 atom stereocenters. The number of carboxylic acids is 1. The number of carboxylic acid groups (broad SMARTS) is 1. The number of hydrogen-bond donors (Lipinski definition) is 1. The van der Waals surface area contributed by atoms with E-state index in [9.17, 15) is 46.3 Å². The fourth-order valence-electron chi connectivity index (χ4n) is 8.18. The number of thiophene rings is 1. The molecule has 6 rings (SSSR count). The first-order valence-corrected chi connectivity index (χ1v) is 19.7. The molecule has 0 radical (unpaired) electrons. The van der Waals surface area contributed by atoms with Crippen LogP contribution in [0.15, 0.2) is 54.0 Å². The minimum absolute atomic E-state index is 0.00958. The number of ether oxygens (including phenoxy) is 2. The molecule has 10 nitrogen and oxygen atoms in total. The Bertz CT molecular complexity index is 2000. The fourth-order valence-corrected chi connectivity index (χ4v) is 8.86. The summed E-state index contributed by atoms with van der Waals surface area (Å²) in [6.45, 7) is 1.94. The summed E-state index contributed by atoms with van der Waals surface area (Å²) in [5.74, 6) is -2.38. The van der Waals surface area contributed by atoms with E-state index in [4.69, 9.17) is 9.47 Å². The lowest BCUT2D eigenvalue weighted by Gasteiger charge is -2.51. The Kier molecular flexibility index (Phi) is 11.9. The van der Waals surface area contributed by atoms with Crippen LogP contribution in [0.3, 0.4) is 0 Å². The van der Waals surface area contributed by atoms with Crippen molar-refractivity contribution < 1.29 is 55.3 Å². The molecule has 2 saturated heterocycles. The molecule has 0 bridgehead atoms. The van der Waals surface area contributed by atoms with Crippen molar-refractivity contribution in [3.8, 4) is 17.6 Å². The summed E-state index contributed by atoms with van der Waals surface area (Å²) >= 11 is 0.364. The highest BCUT2D eigenvalue weighted by atomic mass is 32.1. The number of alkyl halides is 6. The van der Waals surface area contributed by atoms with E-state index in [1.54, 1.807) is 31.2 Å². The molecule has 2 aliphatic heterocycles. The Hall–Kier alpha value is -4.85. The Labute approximate surface area is 329 Å². The number of aliphatic carboxylic acids is 1. The van der Waals surface area contributed by atoms with Crippen molar-refractivity contribution in [2.45, 2.75) is 101 Å². The van der Waals surface area contributed by atoms with E-state index in [0.29, 0.717) is 54.8 Å². The van der Waals surface area contributed by atoms with Gasteiger partial charge in [-0.3, -0.25) is 19.4 Å². The van der Waals surface area contributed by atoms with Gasteiger partial charge in [-0.15, -0.1) is 11.3 Å². The summed E-state index contributed by atoms with van der Waals surface area (Å²) in [4.78, 5) is 46.1. The van der Waals surface area contributed by atoms with Gasteiger partial charge in [0.25, 0.3) is 11.8 Å². The van der Waals surface area contributed by atoms with Crippen LogP contribution in [0, 0.1) is 16.7 Å². The van der Waals surface area contributed by atoms with Crippen LogP contribution in [0.1, 0.15) is 97.6 Å². The minimum atomic E-state index is -4.92. The summed E-state index contributed by atoms with van der Waals surface area (Å²) in [5, 5.41) is 21.3. The van der Waals surface area contributed by atoms with Crippen LogP contribution >= 0.6 is 11.3 Å². The van der Waals surface area contributed by atoms with E-state index in [0.717, 1.165) is 34.7 Å². The first-order valence-electron chi connectivity index (χ1n) is 18.8. The lowest BCUT2D eigenvalue weighted by atomic mass is 9.72. The monoisotopic (exact) mass is 820 g/mol. The smallest absolute Gasteiger partial charge is 0.425 e. The van der Waals surface area contributed by atoms with E-state index in [1.165, 1.54) is 4.90 Å². The average Bonchev–Trinajstić information content (AvgIpc) is 3.84. The van der Waals surface area contributed by atoms with Crippen LogP contribution in [-0.4, -0.2) is 75.6 Å². The van der Waals surface area contributed by atoms with Crippen LogP contribution in [0.4, 0.5) is 26.3 Å². The van der Waals surface area contributed by atoms with Crippen LogP contribution in [0.25, 0.3) is 0 Å². The van der Waals surface area contributed by atoms with E-state index in [-0.39, 0.29) is 64.1 Å². The van der Waals surface area contributed by atoms with Crippen molar-refractivity contribution in [1.29, 1.82) is 5.26 Å². The maximum atomic E-state index is 15.0. The standard InChI is InChI=1S/C40H42F6N4O6S/c1-2-8-30-38(56-26-23-31(57-24-26)40(44,45)46,13-6-19-50(30)33(51)32-28(39(41,42)43)10-5-18-48-32)34(52)49-20-16-37(25-47,17-21-49)27-9-3-4-11-29(27)55-22-7-12-36(14-15-36)35(53)54/h3-5,9-11,18,23-24,30H,2,6-8,12-17,19-22H2,1H3,(H,53,54). The molecule has 1 aromatic carbocycles. The normalized spacial score (nSPS) is 21.7. The number of aromatic nitrogens is 1. The Morgan fingerprint density at radius 1 is 1.00 bits per heavy atom. The molecule has 0 spiro atoms. The van der Waals surface area contributed by atoms with Crippen molar-refractivity contribution in [3.63, 3.8) is 0 Å². The zero-order chi connectivity index (χ0) is 41.2. The van der Waals surface area contributed by atoms with E-state index in [2.05, 4.69) is 11.1 Å². The molecule has 1 aliphatic carbocycles. The highest BCUT2D eigenvalue weighted by Gasteiger charge is 2.57. The predicted molar refractivity (Wildman–Crippen MR) is 194 cm³/mol. The number of rotatable bonds is 13. The van der Waals surface area contributed by atoms with Gasteiger partial charge >= 0.3 is 18.3 Å². The van der Waals surface area contributed by atoms with Gasteiger partial charge < -0.3 is 24.4 Å². The Morgan fingerprint density at radius 2 is 1.72 bits per heavy atom. The first-order chi connectivity index (χ1) is 27.0. The van der Waals surface area contributed by atoms with Gasteiger partial charge in [-0.2, -0.15) is 31.6 Å². The van der Waals surface area contributed by atoms with Crippen LogP contribution < -0.4 is 9.47 Å². The second-order valence-corrected chi connectivity index (χ2v) is 15.9. The topological polar surface area (TPSA) is 133 Å². The molecule has 4 heterocycles. The quantitative estimate of drug-likeness (QED) is 0.134. The van der Waals surface area contributed by atoms with Gasteiger partial charge in [0.05, 0.1) is 35.1 Å². The van der Waals surface area contributed by atoms with Gasteiger partial charge in [-0.25, -0.2) is 0 Å². The van der Waals surface area contributed by atoms with Gasteiger partial charge in [0, 0.05) is 49.3 Å². The van der Waals surface area contributed by atoms with E-state index < -0.39 is 68.7 Å². The lowest BCUT2D eigenvalue weighted by molar-refractivity contribution is -0.160. The minimum Gasteiger partial charge on any atom is -0.493 e. The number of benzene rings is 1. The number of piperidine rings is 2. The molecular weight excluding hydrogens is 779 g/mol. The van der Waals surface area contributed by atoms with Crippen molar-refractivity contribution in [1.82, 2.24) is 14.8 Å². The molecule has 2 unspecified atom stereocenters. The predicted octanol–water partition coefficient (Wildman–Crippen LogP) is 8.51. The number of para-hydroxylation sites is 1. The number of amides is 2. The van der Waals surface area contributed by atoms with Gasteiger partial charge in [-0.1, -0.05) is 31.5 Å². The van der Waals surface area contributed by atoms with Crippen LogP contribution in [0.5, 0.6) is 11.5 Å². The molecular formula is C40H42F6N4O6S. The highest BCUT2D eigenvalue weighted by molar-refractivity contribution is 7.10. The average molecular weight is 821 g/mol. The molecule has 2 amide bonds. The Morgan fingerprint density at radius 3 is 2.33 bits per heavy atom.